The number of esters is 1. The number of carbonyl (C=O) groups excluding carboxylic acids is 7. The summed E-state index contributed by atoms with van der Waals surface area (Å²) >= 11 is 0. The molecule has 0 fully saturated rings. The highest BCUT2D eigenvalue weighted by atomic mass is 16.5. The van der Waals surface area contributed by atoms with E-state index >= 15 is 0 Å². The molecule has 0 atom stereocenters. The van der Waals surface area contributed by atoms with Crippen molar-refractivity contribution in [2.75, 3.05) is 39.0 Å². The fraction of sp³-hybridized carbons (Fsp3) is 0.0444. The second kappa shape index (κ2) is 20.9. The molecule has 0 bridgehead atoms. The van der Waals surface area contributed by atoms with E-state index in [0.29, 0.717) is 0 Å². The molecule has 0 unspecified atom stereocenters. The van der Waals surface area contributed by atoms with Gasteiger partial charge in [-0.3, -0.25) is 29.3 Å². The molecule has 6 amide bonds. The van der Waals surface area contributed by atoms with E-state index in [9.17, 15) is 33.6 Å². The van der Waals surface area contributed by atoms with Gasteiger partial charge in [-0.25, -0.2) is 39.5 Å². The molecule has 6 heterocycles. The Morgan fingerprint density at radius 2 is 0.652 bits per heavy atom. The fourth-order valence-corrected chi connectivity index (χ4v) is 5.64. The number of hydrogen-bond acceptors (Lipinski definition) is 15. The van der Waals surface area contributed by atoms with Gasteiger partial charge in [-0.15, -0.1) is 0 Å². The van der Waals surface area contributed by atoms with Gasteiger partial charge in [0, 0.05) is 0 Å². The first-order chi connectivity index (χ1) is 32.0. The number of rotatable bonds is 14. The second-order valence-electron chi connectivity index (χ2n) is 13.4. The lowest BCUT2D eigenvalue weighted by Gasteiger charge is -2.10. The Bertz CT molecular complexity index is 2990. The Hall–Kier alpha value is -9.79. The highest BCUT2D eigenvalue weighted by Crippen LogP contribution is 2.16. The first-order valence-electron chi connectivity index (χ1n) is 19.4. The molecule has 0 radical (unpaired) electrons. The van der Waals surface area contributed by atoms with Gasteiger partial charge >= 0.3 is 12.1 Å². The molecular weight excluding hydrogens is 853 g/mol. The van der Waals surface area contributed by atoms with Gasteiger partial charge < -0.3 is 36.1 Å². The van der Waals surface area contributed by atoms with Crippen molar-refractivity contribution < 1.29 is 43.0 Å². The molecular formula is C45H34N12O9. The molecule has 6 N–H and O–H groups in total. The minimum absolute atomic E-state index is 0.00447. The average Bonchev–Trinajstić information content (AvgIpc) is 3.34. The number of aromatic nitrogens is 6. The molecule has 7 aromatic rings. The van der Waals surface area contributed by atoms with Crippen LogP contribution in [0.2, 0.25) is 0 Å². The van der Waals surface area contributed by atoms with E-state index in [2.05, 4.69) is 66.5 Å². The zero-order valence-electron chi connectivity index (χ0n) is 34.3. The number of methoxy groups -OCH3 is 1. The summed E-state index contributed by atoms with van der Waals surface area (Å²) in [5.74, 6) is -3.99. The highest BCUT2D eigenvalue weighted by molar-refractivity contribution is 6.07. The summed E-state index contributed by atoms with van der Waals surface area (Å²) < 4.78 is 9.86. The number of hydrogen-bond donors (Lipinski definition) is 6. The smallest absolute Gasteiger partial charge is 0.413 e. The van der Waals surface area contributed by atoms with Crippen LogP contribution in [-0.2, 0) is 16.1 Å². The van der Waals surface area contributed by atoms with E-state index in [1.807, 2.05) is 18.2 Å². The molecule has 328 valence electrons. The molecule has 21 nitrogen and oxygen atoms in total. The Kier molecular flexibility index (Phi) is 14.0. The number of pyridine rings is 6. The quantitative estimate of drug-likeness (QED) is 0.0698. The standard InChI is InChI=1S/C45H34N12O9/c1-65-44(63)32-18-10-23-37(51-32)56-42(61)30-16-8-21-35(49-30)54-40(59)28-14-6-19-33(47-28)52-39(58)27-13-5-20-34(46-27)53-41(60)29-15-7-22-36(48-29)55-43(62)31-17-9-24-38(50-31)57-45(64)66-25-26-11-3-2-4-12-26/h2-24H,25H2,1H3,(H,46,53,60)(H,47,52,58)(H,48,55,62)(H,49,54,59)(H,50,57,64)(H,51,56,61). The lowest BCUT2D eigenvalue weighted by Crippen LogP contribution is -2.20. The molecule has 66 heavy (non-hydrogen) atoms. The van der Waals surface area contributed by atoms with Gasteiger partial charge in [-0.1, -0.05) is 66.7 Å². The molecule has 1 aromatic carbocycles. The number of amides is 6. The van der Waals surface area contributed by atoms with Crippen molar-refractivity contribution in [1.82, 2.24) is 29.9 Å². The molecule has 21 heteroatoms. The van der Waals surface area contributed by atoms with Gasteiger partial charge in [0.25, 0.3) is 29.5 Å². The second-order valence-corrected chi connectivity index (χ2v) is 13.4. The average molecular weight is 887 g/mol. The predicted molar refractivity (Wildman–Crippen MR) is 237 cm³/mol. The Balaban J connectivity index is 0.918. The molecule has 6 aromatic heterocycles. The number of carbonyl (C=O) groups is 7. The monoisotopic (exact) mass is 886 g/mol. The van der Waals surface area contributed by atoms with Crippen molar-refractivity contribution >= 4 is 76.5 Å². The fourth-order valence-electron chi connectivity index (χ4n) is 5.64. The van der Waals surface area contributed by atoms with Crippen molar-refractivity contribution in [3.05, 3.63) is 179 Å². The summed E-state index contributed by atoms with van der Waals surface area (Å²) in [5.41, 5.74) is 0.339. The van der Waals surface area contributed by atoms with Crippen LogP contribution in [0.4, 0.5) is 39.7 Å². The van der Waals surface area contributed by atoms with E-state index in [0.717, 1.165) is 5.56 Å². The first kappa shape index (κ1) is 44.3. The van der Waals surface area contributed by atoms with Crippen molar-refractivity contribution in [1.29, 1.82) is 0 Å². The summed E-state index contributed by atoms with van der Waals surface area (Å²) in [4.78, 5) is 115. The molecule has 0 aliphatic heterocycles. The van der Waals surface area contributed by atoms with E-state index < -0.39 is 41.6 Å². The third-order valence-corrected chi connectivity index (χ3v) is 8.70. The van der Waals surface area contributed by atoms with Crippen LogP contribution in [0.1, 0.15) is 68.5 Å². The van der Waals surface area contributed by atoms with Gasteiger partial charge in [0.05, 0.1) is 7.11 Å². The normalized spacial score (nSPS) is 10.4. The maximum atomic E-state index is 13.2. The number of benzene rings is 1. The van der Waals surface area contributed by atoms with E-state index in [1.165, 1.54) is 116 Å². The molecule has 0 aliphatic carbocycles. The minimum Gasteiger partial charge on any atom is -0.464 e. The highest BCUT2D eigenvalue weighted by Gasteiger charge is 2.18. The third kappa shape index (κ3) is 12.0. The van der Waals surface area contributed by atoms with Crippen LogP contribution in [0.3, 0.4) is 0 Å². The van der Waals surface area contributed by atoms with E-state index in [-0.39, 0.29) is 75.7 Å². The lowest BCUT2D eigenvalue weighted by atomic mass is 10.2. The maximum absolute atomic E-state index is 13.2. The zero-order valence-corrected chi connectivity index (χ0v) is 34.3. The predicted octanol–water partition coefficient (Wildman–Crippen LogP) is 5.85. The van der Waals surface area contributed by atoms with Crippen molar-refractivity contribution in [2.24, 2.45) is 0 Å². The van der Waals surface area contributed by atoms with Gasteiger partial charge in [0.15, 0.2) is 5.69 Å². The minimum atomic E-state index is -0.763. The van der Waals surface area contributed by atoms with Crippen molar-refractivity contribution in [3.8, 4) is 0 Å². The van der Waals surface area contributed by atoms with Crippen LogP contribution in [0.5, 0.6) is 0 Å². The maximum Gasteiger partial charge on any atom is 0.413 e. The molecule has 0 saturated carbocycles. The van der Waals surface area contributed by atoms with Crippen molar-refractivity contribution in [3.63, 3.8) is 0 Å². The summed E-state index contributed by atoms with van der Waals surface area (Å²) in [6, 6.07) is 35.3. The van der Waals surface area contributed by atoms with Gasteiger partial charge in [0.1, 0.15) is 70.0 Å². The third-order valence-electron chi connectivity index (χ3n) is 8.70. The van der Waals surface area contributed by atoms with E-state index in [4.69, 9.17) is 4.74 Å². The lowest BCUT2D eigenvalue weighted by molar-refractivity contribution is 0.0593. The van der Waals surface area contributed by atoms with Crippen LogP contribution in [0, 0.1) is 0 Å². The number of nitrogens with zero attached hydrogens (tertiary/aromatic N) is 6. The number of ether oxygens (including phenoxy) is 2. The first-order valence-corrected chi connectivity index (χ1v) is 19.4. The molecule has 0 aliphatic rings. The number of nitrogens with one attached hydrogen (secondary N) is 6. The molecule has 0 saturated heterocycles. The zero-order chi connectivity index (χ0) is 46.4. The van der Waals surface area contributed by atoms with Crippen LogP contribution < -0.4 is 31.9 Å². The Labute approximate surface area is 373 Å². The topological polar surface area (TPSA) is 287 Å². The largest absolute Gasteiger partial charge is 0.464 e. The summed E-state index contributed by atoms with van der Waals surface area (Å²) in [5, 5.41) is 15.3. The van der Waals surface area contributed by atoms with Crippen LogP contribution in [0.15, 0.2) is 140 Å². The molecule has 0 spiro atoms. The van der Waals surface area contributed by atoms with Gasteiger partial charge in [-0.05, 0) is 78.4 Å². The van der Waals surface area contributed by atoms with E-state index in [1.54, 1.807) is 12.1 Å². The summed E-state index contributed by atoms with van der Waals surface area (Å²) in [6.45, 7) is 0.0406. The Morgan fingerprint density at radius 1 is 0.364 bits per heavy atom. The number of anilines is 6. The van der Waals surface area contributed by atoms with Crippen LogP contribution >= 0.6 is 0 Å². The van der Waals surface area contributed by atoms with Gasteiger partial charge in [0.2, 0.25) is 0 Å². The SMILES string of the molecule is COC(=O)c1cccc(NC(=O)c2cccc(NC(=O)c3cccc(NC(=O)c4cccc(NC(=O)c5cccc(NC(=O)c6cccc(NC(=O)OCc7ccccc7)n6)n5)n4)n3)n2)n1. The van der Waals surface area contributed by atoms with Gasteiger partial charge in [-0.2, -0.15) is 0 Å². The van der Waals surface area contributed by atoms with Crippen LogP contribution in [0.25, 0.3) is 0 Å². The molecule has 7 rings (SSSR count). The van der Waals surface area contributed by atoms with Crippen molar-refractivity contribution in [2.45, 2.75) is 6.61 Å². The Morgan fingerprint density at radius 3 is 0.970 bits per heavy atom. The van der Waals surface area contributed by atoms with Crippen LogP contribution in [-0.4, -0.2) is 78.6 Å². The summed E-state index contributed by atoms with van der Waals surface area (Å²) in [7, 11) is 1.20. The summed E-state index contributed by atoms with van der Waals surface area (Å²) in [6.07, 6.45) is -0.763.